The van der Waals surface area contributed by atoms with Crippen LogP contribution in [0, 0.1) is 0 Å². The third-order valence-electron chi connectivity index (χ3n) is 5.57. The van der Waals surface area contributed by atoms with Crippen LogP contribution in [0.4, 0.5) is 10.9 Å². The lowest BCUT2D eigenvalue weighted by Crippen LogP contribution is -2.46. The van der Waals surface area contributed by atoms with Gasteiger partial charge in [-0.1, -0.05) is 6.07 Å². The summed E-state index contributed by atoms with van der Waals surface area (Å²) >= 11 is 2.76. The highest BCUT2D eigenvalue weighted by Gasteiger charge is 2.25. The Morgan fingerprint density at radius 1 is 1.22 bits per heavy atom. The number of hydrogen-bond acceptors (Lipinski definition) is 9. The molecule has 3 aromatic heterocycles. The third-order valence-corrected chi connectivity index (χ3v) is 6.98. The maximum absolute atomic E-state index is 12.9. The standard InChI is InChI=1S/C24H30N6O4S2/c1-15-10-29(11-16(2)34-15)21-7-5-6-18(25-21)20-14-36-24(27-20)28-23(32)19(13-33-3)26-22(31)17-8-9-30(12-17)35-4/h5-9,12,14-16,19H,10-11,13H2,1-4H3,(H,26,31)(H,27,28,32). The van der Waals surface area contributed by atoms with Crippen LogP contribution in [0.1, 0.15) is 24.2 Å². The van der Waals surface area contributed by atoms with Gasteiger partial charge in [0.25, 0.3) is 11.8 Å². The van der Waals surface area contributed by atoms with Crippen LogP contribution in [0.15, 0.2) is 42.0 Å². The number of thiazole rings is 1. The molecule has 1 aliphatic heterocycles. The molecule has 0 radical (unpaired) electrons. The summed E-state index contributed by atoms with van der Waals surface area (Å²) in [4.78, 5) is 37.1. The number of carbonyl (C=O) groups excluding carboxylic acids is 2. The summed E-state index contributed by atoms with van der Waals surface area (Å²) in [5, 5.41) is 7.79. The van der Waals surface area contributed by atoms with Crippen LogP contribution >= 0.6 is 23.3 Å². The van der Waals surface area contributed by atoms with Gasteiger partial charge in [-0.25, -0.2) is 9.97 Å². The number of nitrogens with zero attached hydrogens (tertiary/aromatic N) is 4. The molecule has 0 spiro atoms. The zero-order valence-electron chi connectivity index (χ0n) is 20.6. The zero-order valence-corrected chi connectivity index (χ0v) is 22.3. The van der Waals surface area contributed by atoms with Crippen molar-refractivity contribution in [2.75, 3.05) is 43.3 Å². The average Bonchev–Trinajstić information content (AvgIpc) is 3.53. The van der Waals surface area contributed by atoms with Gasteiger partial charge in [0, 0.05) is 44.2 Å². The molecule has 36 heavy (non-hydrogen) atoms. The maximum atomic E-state index is 12.9. The van der Waals surface area contributed by atoms with Crippen LogP contribution in [-0.4, -0.2) is 77.1 Å². The van der Waals surface area contributed by atoms with E-state index in [4.69, 9.17) is 14.5 Å². The summed E-state index contributed by atoms with van der Waals surface area (Å²) < 4.78 is 12.8. The number of morpholine rings is 1. The Morgan fingerprint density at radius 3 is 2.69 bits per heavy atom. The lowest BCUT2D eigenvalue weighted by molar-refractivity contribution is -0.119. The van der Waals surface area contributed by atoms with E-state index in [9.17, 15) is 9.59 Å². The van der Waals surface area contributed by atoms with E-state index in [1.54, 1.807) is 22.4 Å². The molecule has 2 amide bonds. The number of aromatic nitrogens is 3. The first-order valence-corrected chi connectivity index (χ1v) is 13.6. The molecule has 2 N–H and O–H groups in total. The molecule has 3 atom stereocenters. The average molecular weight is 531 g/mol. The molecule has 0 saturated carbocycles. The van der Waals surface area contributed by atoms with Crippen LogP contribution < -0.4 is 15.5 Å². The van der Waals surface area contributed by atoms with Crippen LogP contribution in [0.25, 0.3) is 11.4 Å². The highest BCUT2D eigenvalue weighted by Crippen LogP contribution is 2.26. The zero-order chi connectivity index (χ0) is 25.7. The topological polar surface area (TPSA) is 111 Å². The summed E-state index contributed by atoms with van der Waals surface area (Å²) in [7, 11) is 1.48. The third kappa shape index (κ3) is 6.44. The first kappa shape index (κ1) is 26.1. The predicted octanol–water partition coefficient (Wildman–Crippen LogP) is 3.13. The molecule has 0 bridgehead atoms. The van der Waals surface area contributed by atoms with Crippen molar-refractivity contribution in [3.05, 3.63) is 47.6 Å². The minimum atomic E-state index is -0.876. The van der Waals surface area contributed by atoms with Crippen LogP contribution in [0.3, 0.4) is 0 Å². The van der Waals surface area contributed by atoms with Gasteiger partial charge in [-0.3, -0.25) is 13.6 Å². The summed E-state index contributed by atoms with van der Waals surface area (Å²) in [6, 6.07) is 6.65. The number of ether oxygens (including phenoxy) is 2. The first-order valence-electron chi connectivity index (χ1n) is 11.5. The molecule has 1 saturated heterocycles. The summed E-state index contributed by atoms with van der Waals surface area (Å²) in [6.07, 6.45) is 5.65. The van der Waals surface area contributed by atoms with Gasteiger partial charge in [0.15, 0.2) is 5.13 Å². The second-order valence-corrected chi connectivity index (χ2v) is 10.1. The summed E-state index contributed by atoms with van der Waals surface area (Å²) in [5.74, 6) is 0.104. The summed E-state index contributed by atoms with van der Waals surface area (Å²) in [5.41, 5.74) is 1.85. The minimum absolute atomic E-state index is 0.0268. The van der Waals surface area contributed by atoms with E-state index >= 15 is 0 Å². The molecular weight excluding hydrogens is 500 g/mol. The van der Waals surface area contributed by atoms with Gasteiger partial charge in [0.05, 0.1) is 30.1 Å². The number of pyridine rings is 1. The molecule has 4 rings (SSSR count). The van der Waals surface area contributed by atoms with Crippen molar-refractivity contribution in [1.29, 1.82) is 0 Å². The lowest BCUT2D eigenvalue weighted by atomic mass is 10.2. The number of methoxy groups -OCH3 is 1. The van der Waals surface area contributed by atoms with E-state index in [0.29, 0.717) is 16.4 Å². The number of hydrogen-bond donors (Lipinski definition) is 2. The highest BCUT2D eigenvalue weighted by molar-refractivity contribution is 7.97. The fourth-order valence-electron chi connectivity index (χ4n) is 3.96. The van der Waals surface area contributed by atoms with Gasteiger partial charge < -0.3 is 25.0 Å². The second kappa shape index (κ2) is 11.9. The number of carbonyl (C=O) groups is 2. The fourth-order valence-corrected chi connectivity index (χ4v) is 5.07. The van der Waals surface area contributed by atoms with E-state index in [2.05, 4.69) is 34.4 Å². The first-order chi connectivity index (χ1) is 17.4. The minimum Gasteiger partial charge on any atom is -0.382 e. The van der Waals surface area contributed by atoms with E-state index in [-0.39, 0.29) is 24.7 Å². The SMILES string of the molecule is COCC(NC(=O)c1ccn(SC)c1)C(=O)Nc1nc(-c2cccc(N3CC(C)OC(C)C3)n2)cs1. The Balaban J connectivity index is 1.42. The van der Waals surface area contributed by atoms with Crippen molar-refractivity contribution >= 4 is 46.0 Å². The van der Waals surface area contributed by atoms with E-state index < -0.39 is 11.9 Å². The van der Waals surface area contributed by atoms with Gasteiger partial charge in [-0.15, -0.1) is 11.3 Å². The fraction of sp³-hybridized carbons (Fsp3) is 0.417. The van der Waals surface area contributed by atoms with E-state index in [1.165, 1.54) is 30.4 Å². The monoisotopic (exact) mass is 530 g/mol. The van der Waals surface area contributed by atoms with Gasteiger partial charge >= 0.3 is 0 Å². The quantitative estimate of drug-likeness (QED) is 0.434. The molecule has 1 aliphatic rings. The van der Waals surface area contributed by atoms with E-state index in [1.807, 2.05) is 29.8 Å². The number of nitrogens with one attached hydrogen (secondary N) is 2. The molecule has 12 heteroatoms. The van der Waals surface area contributed by atoms with Gasteiger partial charge in [0.1, 0.15) is 17.6 Å². The van der Waals surface area contributed by atoms with Crippen LogP contribution in [0.2, 0.25) is 0 Å². The Bertz CT molecular complexity index is 1190. The normalized spacial score (nSPS) is 18.6. The predicted molar refractivity (Wildman–Crippen MR) is 143 cm³/mol. The van der Waals surface area contributed by atoms with Crippen LogP contribution in [-0.2, 0) is 14.3 Å². The Labute approximate surface area is 218 Å². The van der Waals surface area contributed by atoms with Crippen molar-refractivity contribution in [2.24, 2.45) is 0 Å². The van der Waals surface area contributed by atoms with Gasteiger partial charge in [-0.2, -0.15) is 0 Å². The van der Waals surface area contributed by atoms with Crippen molar-refractivity contribution in [3.63, 3.8) is 0 Å². The van der Waals surface area contributed by atoms with Gasteiger partial charge in [0.2, 0.25) is 0 Å². The maximum Gasteiger partial charge on any atom is 0.253 e. The van der Waals surface area contributed by atoms with Crippen molar-refractivity contribution in [2.45, 2.75) is 32.1 Å². The van der Waals surface area contributed by atoms with E-state index in [0.717, 1.165) is 24.6 Å². The molecule has 4 heterocycles. The van der Waals surface area contributed by atoms with Gasteiger partial charge in [-0.05, 0) is 44.0 Å². The van der Waals surface area contributed by atoms with Crippen molar-refractivity contribution in [3.8, 4) is 11.4 Å². The molecule has 3 aromatic rings. The number of rotatable bonds is 9. The molecule has 192 valence electrons. The molecule has 3 unspecified atom stereocenters. The molecular formula is C24H30N6O4S2. The number of amides is 2. The molecule has 0 aromatic carbocycles. The largest absolute Gasteiger partial charge is 0.382 e. The molecule has 1 fully saturated rings. The van der Waals surface area contributed by atoms with Crippen molar-refractivity contribution < 1.29 is 19.1 Å². The van der Waals surface area contributed by atoms with Crippen LogP contribution in [0.5, 0.6) is 0 Å². The lowest BCUT2D eigenvalue weighted by Gasteiger charge is -2.36. The second-order valence-electron chi connectivity index (χ2n) is 8.49. The Kier molecular flexibility index (Phi) is 8.62. The van der Waals surface area contributed by atoms with Crippen molar-refractivity contribution in [1.82, 2.24) is 19.3 Å². The molecule has 10 nitrogen and oxygen atoms in total. The highest BCUT2D eigenvalue weighted by atomic mass is 32.2. The molecule has 0 aliphatic carbocycles. The Hall–Kier alpha value is -2.93. The summed E-state index contributed by atoms with van der Waals surface area (Å²) in [6.45, 7) is 5.68. The Morgan fingerprint density at radius 2 is 2.00 bits per heavy atom. The smallest absolute Gasteiger partial charge is 0.253 e. The number of anilines is 2.